The average molecular weight is 251 g/mol. The second kappa shape index (κ2) is 4.10. The summed E-state index contributed by atoms with van der Waals surface area (Å²) in [7, 11) is -5.05. The summed E-state index contributed by atoms with van der Waals surface area (Å²) in [6.45, 7) is 0. The molecule has 0 aliphatic carbocycles. The van der Waals surface area contributed by atoms with Crippen LogP contribution in [0.1, 0.15) is 0 Å². The molecule has 0 unspecified atom stereocenters. The standard InChI is InChI=1S/C10H10BNO4S/c1-17(15,16)9-5-4-8(11(13)14)7-3-2-6-12-10(7)9/h2-6,13-14H,1H3. The van der Waals surface area contributed by atoms with E-state index in [1.54, 1.807) is 12.1 Å². The summed E-state index contributed by atoms with van der Waals surface area (Å²) in [5.41, 5.74) is 0.487. The van der Waals surface area contributed by atoms with Crippen LogP contribution in [0.25, 0.3) is 10.9 Å². The lowest BCUT2D eigenvalue weighted by Crippen LogP contribution is -2.30. The van der Waals surface area contributed by atoms with Crippen LogP contribution in [0, 0.1) is 0 Å². The number of nitrogens with zero attached hydrogens (tertiary/aromatic N) is 1. The molecule has 0 amide bonds. The molecule has 1 aromatic heterocycles. The lowest BCUT2D eigenvalue weighted by Gasteiger charge is -2.08. The van der Waals surface area contributed by atoms with E-state index in [-0.39, 0.29) is 15.9 Å². The molecule has 0 radical (unpaired) electrons. The van der Waals surface area contributed by atoms with Crippen LogP contribution in [-0.4, -0.2) is 36.8 Å². The van der Waals surface area contributed by atoms with Gasteiger partial charge in [-0.25, -0.2) is 8.42 Å². The highest BCUT2D eigenvalue weighted by Gasteiger charge is 2.20. The summed E-state index contributed by atoms with van der Waals surface area (Å²) in [6.07, 6.45) is 2.55. The molecule has 0 aliphatic heterocycles. The number of pyridine rings is 1. The van der Waals surface area contributed by atoms with Crippen LogP contribution < -0.4 is 5.46 Å². The first kappa shape index (κ1) is 12.0. The number of sulfone groups is 1. The van der Waals surface area contributed by atoms with E-state index in [2.05, 4.69) is 4.98 Å². The first-order chi connectivity index (χ1) is 7.91. The zero-order valence-corrected chi connectivity index (χ0v) is 9.85. The summed E-state index contributed by atoms with van der Waals surface area (Å²) in [5, 5.41) is 18.8. The molecule has 0 atom stereocenters. The normalized spacial score (nSPS) is 11.7. The lowest BCUT2D eigenvalue weighted by atomic mass is 9.78. The Kier molecular flexibility index (Phi) is 2.90. The van der Waals surface area contributed by atoms with Gasteiger partial charge in [-0.2, -0.15) is 0 Å². The zero-order chi connectivity index (χ0) is 12.6. The Labute approximate surface area is 98.8 Å². The Morgan fingerprint density at radius 3 is 2.53 bits per heavy atom. The van der Waals surface area contributed by atoms with Crippen LogP contribution in [0.3, 0.4) is 0 Å². The van der Waals surface area contributed by atoms with Crippen molar-refractivity contribution in [3.8, 4) is 0 Å². The molecule has 5 nitrogen and oxygen atoms in total. The van der Waals surface area contributed by atoms with E-state index in [1.165, 1.54) is 18.3 Å². The molecule has 0 fully saturated rings. The molecule has 2 N–H and O–H groups in total. The molecule has 17 heavy (non-hydrogen) atoms. The third-order valence-electron chi connectivity index (χ3n) is 2.44. The number of hydrogen-bond acceptors (Lipinski definition) is 5. The van der Waals surface area contributed by atoms with E-state index in [0.29, 0.717) is 5.39 Å². The number of fused-ring (bicyclic) bond motifs is 1. The maximum atomic E-state index is 11.6. The number of benzene rings is 1. The van der Waals surface area contributed by atoms with Gasteiger partial charge in [-0.05, 0) is 17.6 Å². The Morgan fingerprint density at radius 2 is 1.94 bits per heavy atom. The first-order valence-electron chi connectivity index (χ1n) is 4.85. The van der Waals surface area contributed by atoms with Crippen molar-refractivity contribution < 1.29 is 18.5 Å². The predicted octanol–water partition coefficient (Wildman–Crippen LogP) is -0.682. The maximum Gasteiger partial charge on any atom is 0.489 e. The summed E-state index contributed by atoms with van der Waals surface area (Å²) in [4.78, 5) is 4.07. The van der Waals surface area contributed by atoms with Crippen LogP contribution in [0.2, 0.25) is 0 Å². The smallest absolute Gasteiger partial charge is 0.423 e. The zero-order valence-electron chi connectivity index (χ0n) is 9.03. The molecule has 0 saturated carbocycles. The molecule has 2 rings (SSSR count). The van der Waals surface area contributed by atoms with Crippen molar-refractivity contribution in [3.63, 3.8) is 0 Å². The number of rotatable bonds is 2. The molecule has 0 saturated heterocycles. The van der Waals surface area contributed by atoms with Gasteiger partial charge in [0.15, 0.2) is 9.84 Å². The van der Waals surface area contributed by atoms with Gasteiger partial charge in [0.2, 0.25) is 0 Å². The Hall–Kier alpha value is -1.44. The molecule has 0 aliphatic rings. The van der Waals surface area contributed by atoms with E-state index < -0.39 is 17.0 Å². The third-order valence-corrected chi connectivity index (χ3v) is 3.57. The highest BCUT2D eigenvalue weighted by atomic mass is 32.2. The summed E-state index contributed by atoms with van der Waals surface area (Å²) in [5.74, 6) is 0. The van der Waals surface area contributed by atoms with Crippen molar-refractivity contribution in [1.29, 1.82) is 0 Å². The van der Waals surface area contributed by atoms with Crippen molar-refractivity contribution in [1.82, 2.24) is 4.98 Å². The van der Waals surface area contributed by atoms with Gasteiger partial charge < -0.3 is 10.0 Å². The van der Waals surface area contributed by atoms with Gasteiger partial charge in [-0.3, -0.25) is 4.98 Å². The van der Waals surface area contributed by atoms with E-state index >= 15 is 0 Å². The molecular weight excluding hydrogens is 241 g/mol. The summed E-state index contributed by atoms with van der Waals surface area (Å²) in [6, 6.07) is 5.93. The van der Waals surface area contributed by atoms with E-state index in [0.717, 1.165) is 6.26 Å². The minimum absolute atomic E-state index is 0.0810. The molecule has 1 heterocycles. The Bertz CT molecular complexity index is 669. The highest BCUT2D eigenvalue weighted by molar-refractivity contribution is 7.91. The topological polar surface area (TPSA) is 87.5 Å². The minimum atomic E-state index is -3.40. The quantitative estimate of drug-likeness (QED) is 0.690. The average Bonchev–Trinajstić information content (AvgIpc) is 2.26. The fraction of sp³-hybridized carbons (Fsp3) is 0.100. The van der Waals surface area contributed by atoms with Crippen molar-refractivity contribution >= 4 is 33.3 Å². The Balaban J connectivity index is 2.90. The second-order valence-electron chi connectivity index (χ2n) is 3.70. The third kappa shape index (κ3) is 2.17. The van der Waals surface area contributed by atoms with Crippen LogP contribution in [0.15, 0.2) is 35.4 Å². The van der Waals surface area contributed by atoms with Crippen molar-refractivity contribution in [2.75, 3.05) is 6.26 Å². The molecule has 0 spiro atoms. The predicted molar refractivity (Wildman–Crippen MR) is 64.7 cm³/mol. The van der Waals surface area contributed by atoms with Crippen molar-refractivity contribution in [2.24, 2.45) is 0 Å². The largest absolute Gasteiger partial charge is 0.489 e. The van der Waals surface area contributed by atoms with Crippen molar-refractivity contribution in [3.05, 3.63) is 30.5 Å². The molecule has 2 aromatic rings. The molecule has 0 bridgehead atoms. The van der Waals surface area contributed by atoms with Gasteiger partial charge in [0.25, 0.3) is 0 Å². The monoisotopic (exact) mass is 251 g/mol. The van der Waals surface area contributed by atoms with E-state index in [1.807, 2.05) is 0 Å². The van der Waals surface area contributed by atoms with Gasteiger partial charge in [-0.15, -0.1) is 0 Å². The second-order valence-corrected chi connectivity index (χ2v) is 5.68. The van der Waals surface area contributed by atoms with Gasteiger partial charge in [0.1, 0.15) is 0 Å². The fourth-order valence-electron chi connectivity index (χ4n) is 1.69. The Morgan fingerprint density at radius 1 is 1.24 bits per heavy atom. The fourth-order valence-corrected chi connectivity index (χ4v) is 2.52. The van der Waals surface area contributed by atoms with E-state index in [4.69, 9.17) is 0 Å². The van der Waals surface area contributed by atoms with E-state index in [9.17, 15) is 18.5 Å². The lowest BCUT2D eigenvalue weighted by molar-refractivity contribution is 0.426. The van der Waals surface area contributed by atoms with Crippen molar-refractivity contribution in [2.45, 2.75) is 4.90 Å². The highest BCUT2D eigenvalue weighted by Crippen LogP contribution is 2.19. The molecular formula is C10H10BNO4S. The van der Waals surface area contributed by atoms with Gasteiger partial charge in [0.05, 0.1) is 10.4 Å². The van der Waals surface area contributed by atoms with Crippen LogP contribution in [0.5, 0.6) is 0 Å². The molecule has 7 heteroatoms. The van der Waals surface area contributed by atoms with Crippen LogP contribution >= 0.6 is 0 Å². The molecule has 88 valence electrons. The summed E-state index contributed by atoms with van der Waals surface area (Å²) >= 11 is 0. The van der Waals surface area contributed by atoms with Gasteiger partial charge in [-0.1, -0.05) is 12.1 Å². The molecule has 1 aromatic carbocycles. The number of aromatic nitrogens is 1. The summed E-state index contributed by atoms with van der Waals surface area (Å²) < 4.78 is 23.1. The van der Waals surface area contributed by atoms with Gasteiger partial charge >= 0.3 is 7.12 Å². The maximum absolute atomic E-state index is 11.6. The van der Waals surface area contributed by atoms with Crippen LogP contribution in [-0.2, 0) is 9.84 Å². The first-order valence-corrected chi connectivity index (χ1v) is 6.74. The van der Waals surface area contributed by atoms with Crippen LogP contribution in [0.4, 0.5) is 0 Å². The minimum Gasteiger partial charge on any atom is -0.423 e. The van der Waals surface area contributed by atoms with Gasteiger partial charge in [0, 0.05) is 17.8 Å². The number of hydrogen-bond donors (Lipinski definition) is 2. The SMILES string of the molecule is CS(=O)(=O)c1ccc(B(O)O)c2cccnc12.